The molecule has 0 fully saturated rings. The normalized spacial score (nSPS) is 12.2. The fraction of sp³-hybridized carbons (Fsp3) is 0.500. The summed E-state index contributed by atoms with van der Waals surface area (Å²) in [6.45, 7) is 5.25. The maximum Gasteiger partial charge on any atom is 0.247 e. The Bertz CT molecular complexity index is 124. The van der Waals surface area contributed by atoms with Crippen LogP contribution in [0.15, 0.2) is 12.7 Å². The van der Waals surface area contributed by atoms with Crippen molar-refractivity contribution < 1.29 is 14.6 Å². The van der Waals surface area contributed by atoms with E-state index in [-0.39, 0.29) is 0 Å². The zero-order valence-electron chi connectivity index (χ0n) is 5.83. The number of hydrogen-bond acceptors (Lipinski definition) is 3. The van der Waals surface area contributed by atoms with E-state index in [1.165, 1.54) is 0 Å². The van der Waals surface area contributed by atoms with Crippen molar-refractivity contribution in [1.82, 2.24) is 5.32 Å². The van der Waals surface area contributed by atoms with Gasteiger partial charge in [0.15, 0.2) is 0 Å². The summed E-state index contributed by atoms with van der Waals surface area (Å²) >= 11 is 0. The lowest BCUT2D eigenvalue weighted by atomic mass is 10.6. The summed E-state index contributed by atoms with van der Waals surface area (Å²) < 4.78 is 4.59. The molecule has 0 aromatic heterocycles. The largest absolute Gasteiger partial charge is 0.351 e. The van der Waals surface area contributed by atoms with Crippen LogP contribution in [0.4, 0.5) is 0 Å². The predicted octanol–water partition coefficient (Wildman–Crippen LogP) is -0.399. The fourth-order valence-electron chi connectivity index (χ4n) is 0.380. The molecule has 4 heteroatoms. The number of amides is 1. The van der Waals surface area contributed by atoms with E-state index in [4.69, 9.17) is 5.11 Å². The highest BCUT2D eigenvalue weighted by atomic mass is 16.6. The summed E-state index contributed by atoms with van der Waals surface area (Å²) in [4.78, 5) is 10.4. The van der Waals surface area contributed by atoms with Gasteiger partial charge in [0.1, 0.15) is 0 Å². The molecule has 0 aliphatic rings. The number of hydrogen-bond donors (Lipinski definition) is 2. The Morgan fingerprint density at radius 1 is 2.00 bits per heavy atom. The Morgan fingerprint density at radius 3 is 3.00 bits per heavy atom. The quantitative estimate of drug-likeness (QED) is 0.418. The van der Waals surface area contributed by atoms with Gasteiger partial charge in [-0.2, -0.15) is 0 Å². The zero-order valence-corrected chi connectivity index (χ0v) is 5.83. The lowest BCUT2D eigenvalue weighted by molar-refractivity contribution is -0.141. The van der Waals surface area contributed by atoms with Crippen LogP contribution in [0, 0.1) is 0 Å². The minimum atomic E-state index is -1.23. The van der Waals surface area contributed by atoms with Gasteiger partial charge in [0.2, 0.25) is 12.3 Å². The maximum atomic E-state index is 10.4. The Kier molecular flexibility index (Phi) is 4.53. The molecule has 0 saturated heterocycles. The smallest absolute Gasteiger partial charge is 0.247 e. The molecule has 1 amide bonds. The van der Waals surface area contributed by atoms with E-state index in [9.17, 15) is 4.79 Å². The van der Waals surface area contributed by atoms with Crippen molar-refractivity contribution in [3.63, 3.8) is 0 Å². The average molecular weight is 145 g/mol. The first kappa shape index (κ1) is 9.13. The third-order valence-corrected chi connectivity index (χ3v) is 0.776. The van der Waals surface area contributed by atoms with Crippen molar-refractivity contribution in [1.29, 1.82) is 0 Å². The van der Waals surface area contributed by atoms with Crippen LogP contribution < -0.4 is 5.32 Å². The predicted molar refractivity (Wildman–Crippen MR) is 36.0 cm³/mol. The van der Waals surface area contributed by atoms with Crippen molar-refractivity contribution in [2.45, 2.75) is 13.3 Å². The van der Waals surface area contributed by atoms with Crippen LogP contribution in [-0.2, 0) is 9.53 Å². The molecule has 0 aliphatic carbocycles. The zero-order chi connectivity index (χ0) is 7.98. The minimum absolute atomic E-state index is 0.346. The molecule has 1 unspecified atom stereocenters. The van der Waals surface area contributed by atoms with Crippen molar-refractivity contribution in [2.24, 2.45) is 0 Å². The van der Waals surface area contributed by atoms with E-state index >= 15 is 0 Å². The van der Waals surface area contributed by atoms with Crippen LogP contribution in [0.1, 0.15) is 6.92 Å². The van der Waals surface area contributed by atoms with Gasteiger partial charge in [0.25, 0.3) is 0 Å². The molecule has 0 aromatic carbocycles. The summed E-state index contributed by atoms with van der Waals surface area (Å²) in [6.07, 6.45) is -0.169. The molecular weight excluding hydrogens is 134 g/mol. The van der Waals surface area contributed by atoms with Crippen molar-refractivity contribution >= 4 is 5.91 Å². The Hall–Kier alpha value is -0.870. The molecule has 2 N–H and O–H groups in total. The SMILES string of the molecule is C=CC(=O)NC(O)OCC. The van der Waals surface area contributed by atoms with E-state index in [1.54, 1.807) is 6.92 Å². The van der Waals surface area contributed by atoms with Gasteiger partial charge in [-0.15, -0.1) is 0 Å². The van der Waals surface area contributed by atoms with Crippen molar-refractivity contribution in [3.8, 4) is 0 Å². The number of aliphatic hydroxyl groups excluding tert-OH is 1. The van der Waals surface area contributed by atoms with E-state index < -0.39 is 12.3 Å². The van der Waals surface area contributed by atoms with Crippen LogP contribution in [0.3, 0.4) is 0 Å². The second-order valence-electron chi connectivity index (χ2n) is 1.52. The third-order valence-electron chi connectivity index (χ3n) is 0.776. The molecule has 1 atom stereocenters. The van der Waals surface area contributed by atoms with Crippen LogP contribution in [0.5, 0.6) is 0 Å². The van der Waals surface area contributed by atoms with E-state index in [2.05, 4.69) is 16.6 Å². The molecule has 0 aromatic rings. The summed E-state index contributed by atoms with van der Waals surface area (Å²) in [5, 5.41) is 10.9. The van der Waals surface area contributed by atoms with Crippen LogP contribution in [0.25, 0.3) is 0 Å². The summed E-state index contributed by atoms with van der Waals surface area (Å²) in [7, 11) is 0. The lowest BCUT2D eigenvalue weighted by Crippen LogP contribution is -2.35. The molecule has 0 saturated carbocycles. The maximum absolute atomic E-state index is 10.4. The number of carbonyl (C=O) groups is 1. The van der Waals surface area contributed by atoms with Gasteiger partial charge in [0, 0.05) is 6.61 Å². The second kappa shape index (κ2) is 4.96. The molecule has 0 aliphatic heterocycles. The Labute approximate surface area is 59.5 Å². The third kappa shape index (κ3) is 4.05. The van der Waals surface area contributed by atoms with Crippen LogP contribution in [0.2, 0.25) is 0 Å². The van der Waals surface area contributed by atoms with E-state index in [0.717, 1.165) is 6.08 Å². The molecule has 0 heterocycles. The van der Waals surface area contributed by atoms with Gasteiger partial charge in [-0.05, 0) is 13.0 Å². The highest BCUT2D eigenvalue weighted by molar-refractivity contribution is 5.86. The van der Waals surface area contributed by atoms with Gasteiger partial charge in [-0.25, -0.2) is 0 Å². The Balaban J connectivity index is 3.46. The topological polar surface area (TPSA) is 58.6 Å². The van der Waals surface area contributed by atoms with Gasteiger partial charge >= 0.3 is 0 Å². The summed E-state index contributed by atoms with van der Waals surface area (Å²) in [6, 6.07) is 0. The monoisotopic (exact) mass is 145 g/mol. The summed E-state index contributed by atoms with van der Waals surface area (Å²) in [5.74, 6) is -0.457. The van der Waals surface area contributed by atoms with Crippen LogP contribution in [-0.4, -0.2) is 24.0 Å². The highest BCUT2D eigenvalue weighted by Crippen LogP contribution is 1.80. The molecular formula is C6H11NO3. The number of ether oxygens (including phenoxy) is 1. The number of rotatable bonds is 4. The van der Waals surface area contributed by atoms with Gasteiger partial charge in [0.05, 0.1) is 0 Å². The number of nitrogens with one attached hydrogen (secondary N) is 1. The van der Waals surface area contributed by atoms with E-state index in [1.807, 2.05) is 0 Å². The van der Waals surface area contributed by atoms with E-state index in [0.29, 0.717) is 6.61 Å². The van der Waals surface area contributed by atoms with Crippen molar-refractivity contribution in [3.05, 3.63) is 12.7 Å². The first-order chi connectivity index (χ1) is 4.70. The molecule has 0 spiro atoms. The summed E-state index contributed by atoms with van der Waals surface area (Å²) in [5.41, 5.74) is 0. The first-order valence-electron chi connectivity index (χ1n) is 2.93. The van der Waals surface area contributed by atoms with Crippen molar-refractivity contribution in [2.75, 3.05) is 6.61 Å². The molecule has 58 valence electrons. The minimum Gasteiger partial charge on any atom is -0.351 e. The van der Waals surface area contributed by atoms with Gasteiger partial charge < -0.3 is 15.2 Å². The standard InChI is InChI=1S/C6H11NO3/c1-3-5(8)7-6(9)10-4-2/h3,6,9H,1,4H2,2H3,(H,7,8). The van der Waals surface area contributed by atoms with Gasteiger partial charge in [-0.1, -0.05) is 6.58 Å². The number of carbonyl (C=O) groups excluding carboxylic acids is 1. The molecule has 0 bridgehead atoms. The fourth-order valence-corrected chi connectivity index (χ4v) is 0.380. The molecule has 0 radical (unpaired) electrons. The van der Waals surface area contributed by atoms with Gasteiger partial charge in [-0.3, -0.25) is 4.79 Å². The molecule has 4 nitrogen and oxygen atoms in total. The Morgan fingerprint density at radius 2 is 2.60 bits per heavy atom. The number of aliphatic hydroxyl groups is 1. The first-order valence-corrected chi connectivity index (χ1v) is 2.93. The lowest BCUT2D eigenvalue weighted by Gasteiger charge is -2.09. The van der Waals surface area contributed by atoms with Crippen LogP contribution >= 0.6 is 0 Å². The highest BCUT2D eigenvalue weighted by Gasteiger charge is 2.02. The average Bonchev–Trinajstić information content (AvgIpc) is 1.88. The molecule has 10 heavy (non-hydrogen) atoms. The molecule has 0 rings (SSSR count). The second-order valence-corrected chi connectivity index (χ2v) is 1.52.